The van der Waals surface area contributed by atoms with Crippen LogP contribution in [0.5, 0.6) is 0 Å². The van der Waals surface area contributed by atoms with Crippen molar-refractivity contribution in [2.45, 2.75) is 63.4 Å². The summed E-state index contributed by atoms with van der Waals surface area (Å²) >= 11 is 0. The van der Waals surface area contributed by atoms with Crippen LogP contribution in [0.2, 0.25) is 0 Å². The van der Waals surface area contributed by atoms with Gasteiger partial charge in [-0.25, -0.2) is 0 Å². The summed E-state index contributed by atoms with van der Waals surface area (Å²) in [4.78, 5) is 0. The first-order valence-corrected chi connectivity index (χ1v) is 6.43. The molecule has 0 aromatic heterocycles. The molecule has 0 radical (unpaired) electrons. The number of halogens is 6. The molecule has 1 saturated carbocycles. The van der Waals surface area contributed by atoms with Gasteiger partial charge in [0, 0.05) is 6.42 Å². The molecule has 7 heteroatoms. The van der Waals surface area contributed by atoms with Crippen molar-refractivity contribution in [2.75, 3.05) is 0 Å². The van der Waals surface area contributed by atoms with Gasteiger partial charge >= 0.3 is 12.4 Å². The van der Waals surface area contributed by atoms with Crippen LogP contribution in [-0.2, 0) is 0 Å². The summed E-state index contributed by atoms with van der Waals surface area (Å²) in [6.45, 7) is 0. The Hall–Kier alpha value is -0.460. The predicted octanol–water partition coefficient (Wildman–Crippen LogP) is 4.45. The van der Waals surface area contributed by atoms with Crippen molar-refractivity contribution >= 4 is 0 Å². The first kappa shape index (κ1) is 16.6. The highest BCUT2D eigenvalue weighted by molar-refractivity contribution is 4.85. The maximum Gasteiger partial charge on any atom is 0.392 e. The fourth-order valence-corrected chi connectivity index (χ4v) is 2.75. The SMILES string of the molecule is OC(CCCC(F)(F)F)C1CCCCC1C(F)(F)F. The van der Waals surface area contributed by atoms with Crippen molar-refractivity contribution in [1.29, 1.82) is 0 Å². The highest BCUT2D eigenvalue weighted by Crippen LogP contribution is 2.43. The van der Waals surface area contributed by atoms with Crippen LogP contribution in [0.25, 0.3) is 0 Å². The third-order valence-corrected chi connectivity index (χ3v) is 3.69. The standard InChI is InChI=1S/C12H18F6O/c13-11(14,15)7-3-6-10(19)8-4-1-2-5-9(8)12(16,17)18/h8-10,19H,1-7H2. The van der Waals surface area contributed by atoms with Crippen LogP contribution in [-0.4, -0.2) is 23.6 Å². The minimum absolute atomic E-state index is 0.0372. The molecule has 1 N–H and O–H groups in total. The highest BCUT2D eigenvalue weighted by Gasteiger charge is 2.47. The third kappa shape index (κ3) is 5.58. The van der Waals surface area contributed by atoms with Gasteiger partial charge in [0.15, 0.2) is 0 Å². The molecule has 0 bridgehead atoms. The Bertz CT molecular complexity index is 272. The molecule has 1 fully saturated rings. The number of rotatable bonds is 4. The summed E-state index contributed by atoms with van der Waals surface area (Å²) < 4.78 is 74.2. The van der Waals surface area contributed by atoms with Gasteiger partial charge in [-0.1, -0.05) is 12.8 Å². The molecule has 0 saturated heterocycles. The molecule has 0 spiro atoms. The predicted molar refractivity (Wildman–Crippen MR) is 57.4 cm³/mol. The largest absolute Gasteiger partial charge is 0.393 e. The van der Waals surface area contributed by atoms with E-state index in [0.29, 0.717) is 12.8 Å². The Morgan fingerprint density at radius 3 is 2.11 bits per heavy atom. The fourth-order valence-electron chi connectivity index (χ4n) is 2.75. The molecule has 1 nitrogen and oxygen atoms in total. The van der Waals surface area contributed by atoms with Crippen LogP contribution in [0.15, 0.2) is 0 Å². The maximum absolute atomic E-state index is 12.8. The third-order valence-electron chi connectivity index (χ3n) is 3.69. The van der Waals surface area contributed by atoms with Gasteiger partial charge in [-0.15, -0.1) is 0 Å². The molecule has 1 aliphatic rings. The van der Waals surface area contributed by atoms with Gasteiger partial charge in [0.25, 0.3) is 0 Å². The second-order valence-electron chi connectivity index (χ2n) is 5.17. The zero-order valence-corrected chi connectivity index (χ0v) is 10.4. The molecule has 3 atom stereocenters. The number of aliphatic hydroxyl groups excluding tert-OH is 1. The van der Waals surface area contributed by atoms with Gasteiger partial charge in [0.2, 0.25) is 0 Å². The van der Waals surface area contributed by atoms with E-state index in [1.54, 1.807) is 0 Å². The lowest BCUT2D eigenvalue weighted by atomic mass is 9.75. The Balaban J connectivity index is 2.51. The quantitative estimate of drug-likeness (QED) is 0.759. The summed E-state index contributed by atoms with van der Waals surface area (Å²) in [7, 11) is 0. The van der Waals surface area contributed by atoms with Gasteiger partial charge in [0.05, 0.1) is 12.0 Å². The Labute approximate surface area is 108 Å². The minimum Gasteiger partial charge on any atom is -0.393 e. The van der Waals surface area contributed by atoms with E-state index in [1.165, 1.54) is 0 Å². The number of hydrogen-bond donors (Lipinski definition) is 1. The molecule has 3 unspecified atom stereocenters. The van der Waals surface area contributed by atoms with Gasteiger partial charge in [-0.3, -0.25) is 0 Å². The summed E-state index contributed by atoms with van der Waals surface area (Å²) in [5, 5.41) is 9.74. The molecule has 0 aromatic rings. The van der Waals surface area contributed by atoms with E-state index in [4.69, 9.17) is 0 Å². The molecule has 0 aromatic carbocycles. The monoisotopic (exact) mass is 292 g/mol. The van der Waals surface area contributed by atoms with Crippen LogP contribution in [0.4, 0.5) is 26.3 Å². The van der Waals surface area contributed by atoms with Crippen LogP contribution in [0.1, 0.15) is 44.9 Å². The Morgan fingerprint density at radius 2 is 1.58 bits per heavy atom. The Morgan fingerprint density at radius 1 is 1.00 bits per heavy atom. The van der Waals surface area contributed by atoms with E-state index in [0.717, 1.165) is 0 Å². The molecule has 0 heterocycles. The van der Waals surface area contributed by atoms with Crippen molar-refractivity contribution in [2.24, 2.45) is 11.8 Å². The molecule has 19 heavy (non-hydrogen) atoms. The van der Waals surface area contributed by atoms with E-state index in [-0.39, 0.29) is 25.7 Å². The lowest BCUT2D eigenvalue weighted by Crippen LogP contribution is -2.39. The lowest BCUT2D eigenvalue weighted by molar-refractivity contribution is -0.207. The normalized spacial score (nSPS) is 27.3. The Kier molecular flexibility index (Phi) is 5.53. The van der Waals surface area contributed by atoms with Gasteiger partial charge in [0.1, 0.15) is 0 Å². The summed E-state index contributed by atoms with van der Waals surface area (Å²) in [5.41, 5.74) is 0. The first-order chi connectivity index (χ1) is 8.61. The van der Waals surface area contributed by atoms with E-state index in [9.17, 15) is 31.4 Å². The first-order valence-electron chi connectivity index (χ1n) is 6.43. The van der Waals surface area contributed by atoms with E-state index in [1.807, 2.05) is 0 Å². The molecular weight excluding hydrogens is 274 g/mol. The minimum atomic E-state index is -4.38. The van der Waals surface area contributed by atoms with Crippen molar-refractivity contribution in [1.82, 2.24) is 0 Å². The average molecular weight is 292 g/mol. The van der Waals surface area contributed by atoms with Crippen LogP contribution >= 0.6 is 0 Å². The van der Waals surface area contributed by atoms with Gasteiger partial charge in [-0.2, -0.15) is 26.3 Å². The molecule has 0 amide bonds. The number of aliphatic hydroxyl groups is 1. The van der Waals surface area contributed by atoms with Crippen LogP contribution in [0.3, 0.4) is 0 Å². The zero-order valence-electron chi connectivity index (χ0n) is 10.4. The summed E-state index contributed by atoms with van der Waals surface area (Å²) in [6.07, 6.45) is -10.4. The maximum atomic E-state index is 12.8. The topological polar surface area (TPSA) is 20.2 Å². The zero-order chi connectivity index (χ0) is 14.7. The highest BCUT2D eigenvalue weighted by atomic mass is 19.4. The molecule has 114 valence electrons. The summed E-state index contributed by atoms with van der Waals surface area (Å²) in [6, 6.07) is 0. The second-order valence-corrected chi connectivity index (χ2v) is 5.17. The van der Waals surface area contributed by atoms with Gasteiger partial charge in [-0.05, 0) is 31.6 Å². The van der Waals surface area contributed by atoms with Gasteiger partial charge < -0.3 is 5.11 Å². The van der Waals surface area contributed by atoms with E-state index < -0.39 is 36.7 Å². The average Bonchev–Trinajstić information content (AvgIpc) is 2.26. The van der Waals surface area contributed by atoms with Crippen LogP contribution < -0.4 is 0 Å². The fraction of sp³-hybridized carbons (Fsp3) is 1.00. The molecular formula is C12H18F6O. The molecule has 0 aliphatic heterocycles. The summed E-state index contributed by atoms with van der Waals surface area (Å²) in [5.74, 6) is -2.54. The number of hydrogen-bond acceptors (Lipinski definition) is 1. The second kappa shape index (κ2) is 6.33. The number of alkyl halides is 6. The van der Waals surface area contributed by atoms with Crippen molar-refractivity contribution < 1.29 is 31.4 Å². The van der Waals surface area contributed by atoms with E-state index >= 15 is 0 Å². The lowest BCUT2D eigenvalue weighted by Gasteiger charge is -2.36. The molecule has 1 aliphatic carbocycles. The van der Waals surface area contributed by atoms with Crippen LogP contribution in [0, 0.1) is 11.8 Å². The molecule has 1 rings (SSSR count). The van der Waals surface area contributed by atoms with Crippen molar-refractivity contribution in [3.63, 3.8) is 0 Å². The van der Waals surface area contributed by atoms with Crippen molar-refractivity contribution in [3.05, 3.63) is 0 Å². The van der Waals surface area contributed by atoms with Crippen molar-refractivity contribution in [3.8, 4) is 0 Å². The smallest absolute Gasteiger partial charge is 0.392 e. The van der Waals surface area contributed by atoms with E-state index in [2.05, 4.69) is 0 Å².